The van der Waals surface area contributed by atoms with E-state index in [-0.39, 0.29) is 25.0 Å². The molecule has 2 fully saturated rings. The van der Waals surface area contributed by atoms with Crippen molar-refractivity contribution in [3.63, 3.8) is 0 Å². The molecule has 4 heterocycles. The number of pyridine rings is 1. The van der Waals surface area contributed by atoms with E-state index in [2.05, 4.69) is 22.0 Å². The summed E-state index contributed by atoms with van der Waals surface area (Å²) in [5.41, 5.74) is 5.04. The highest BCUT2D eigenvalue weighted by Crippen LogP contribution is 2.41. The Kier molecular flexibility index (Phi) is 5.24. The molecule has 170 valence electrons. The van der Waals surface area contributed by atoms with Gasteiger partial charge in [-0.15, -0.1) is 0 Å². The van der Waals surface area contributed by atoms with E-state index in [1.54, 1.807) is 6.07 Å². The summed E-state index contributed by atoms with van der Waals surface area (Å²) in [6.07, 6.45) is -1.90. The monoisotopic (exact) mass is 473 g/mol. The van der Waals surface area contributed by atoms with Gasteiger partial charge in [0.15, 0.2) is 12.0 Å². The molecular formula is C26H20ClN3O4. The number of hydrogen-bond donors (Lipinski definition) is 2. The Balaban J connectivity index is 1.33. The summed E-state index contributed by atoms with van der Waals surface area (Å²) in [4.78, 5) is 11.5. The van der Waals surface area contributed by atoms with Crippen molar-refractivity contribution in [1.82, 2.24) is 9.97 Å². The highest BCUT2D eigenvalue weighted by Gasteiger charge is 2.48. The molecule has 2 aliphatic heterocycles. The summed E-state index contributed by atoms with van der Waals surface area (Å²) < 4.78 is 17.3. The van der Waals surface area contributed by atoms with Crippen LogP contribution in [0.3, 0.4) is 0 Å². The molecule has 2 aliphatic rings. The lowest BCUT2D eigenvalue weighted by molar-refractivity contribution is 0.00810. The second kappa shape index (κ2) is 8.42. The number of nitrogens with zero attached hydrogens (tertiary/aromatic N) is 2. The summed E-state index contributed by atoms with van der Waals surface area (Å²) in [5.74, 6) is 0.296. The van der Waals surface area contributed by atoms with Gasteiger partial charge in [0.1, 0.15) is 18.3 Å². The van der Waals surface area contributed by atoms with Gasteiger partial charge in [0.25, 0.3) is 5.69 Å². The van der Waals surface area contributed by atoms with Crippen molar-refractivity contribution in [2.75, 3.05) is 13.2 Å². The molecule has 4 atom stereocenters. The number of rotatable bonds is 4. The summed E-state index contributed by atoms with van der Waals surface area (Å²) in [6, 6.07) is 19.9. The molecular weight excluding hydrogens is 454 g/mol. The van der Waals surface area contributed by atoms with Crippen LogP contribution in [0.25, 0.3) is 38.3 Å². The first-order valence-corrected chi connectivity index (χ1v) is 11.3. The van der Waals surface area contributed by atoms with Gasteiger partial charge in [-0.05, 0) is 17.2 Å². The smallest absolute Gasteiger partial charge is 0.272 e. The fourth-order valence-corrected chi connectivity index (χ4v) is 4.85. The number of aliphatic hydroxyl groups excluding tert-OH is 1. The molecule has 0 amide bonds. The number of benzene rings is 2. The second-order valence-electron chi connectivity index (χ2n) is 8.39. The first-order valence-electron chi connectivity index (χ1n) is 11.0. The van der Waals surface area contributed by atoms with Crippen molar-refractivity contribution < 1.29 is 19.3 Å². The zero-order chi connectivity index (χ0) is 23.2. The third-order valence-electron chi connectivity index (χ3n) is 6.29. The fraction of sp³-hybridized carbons (Fsp3) is 0.231. The van der Waals surface area contributed by atoms with Crippen molar-refractivity contribution in [2.45, 2.75) is 24.4 Å². The Labute approximate surface area is 200 Å². The van der Waals surface area contributed by atoms with Gasteiger partial charge in [-0.2, -0.15) is 0 Å². The van der Waals surface area contributed by atoms with Crippen molar-refractivity contribution in [2.24, 2.45) is 0 Å². The maximum absolute atomic E-state index is 9.96. The van der Waals surface area contributed by atoms with Gasteiger partial charge >= 0.3 is 0 Å². The minimum Gasteiger partial charge on any atom is -0.479 e. The molecule has 2 aromatic heterocycles. The summed E-state index contributed by atoms with van der Waals surface area (Å²) in [5, 5.41) is 10.4. The van der Waals surface area contributed by atoms with Crippen LogP contribution in [-0.2, 0) is 9.47 Å². The maximum Gasteiger partial charge on any atom is 0.272 e. The summed E-state index contributed by atoms with van der Waals surface area (Å²) in [7, 11) is 0. The standard InChI is InChI=1S/C26H20ClN3O4/c1-28-23-22-18(29-26(23)34-20-13-33-24-19(31)12-32-25(20)24)11-17(27)21(30-22)16-9-7-15(8-10-16)14-5-3-2-4-6-14/h2-11,19-20,24-25,29,31H,12-13H2/t19-,20-,24-,25-/m1/s1. The van der Waals surface area contributed by atoms with Gasteiger partial charge in [0, 0.05) is 5.56 Å². The van der Waals surface area contributed by atoms with Crippen LogP contribution < -0.4 is 4.74 Å². The largest absolute Gasteiger partial charge is 0.479 e. The molecule has 6 rings (SSSR count). The van der Waals surface area contributed by atoms with Crippen LogP contribution in [0.2, 0.25) is 5.02 Å². The first-order chi connectivity index (χ1) is 16.6. The van der Waals surface area contributed by atoms with E-state index in [4.69, 9.17) is 37.4 Å². The van der Waals surface area contributed by atoms with Crippen LogP contribution in [0.1, 0.15) is 0 Å². The van der Waals surface area contributed by atoms with Crippen LogP contribution in [-0.4, -0.2) is 52.7 Å². The Morgan fingerprint density at radius 3 is 2.47 bits per heavy atom. The van der Waals surface area contributed by atoms with Gasteiger partial charge in [-0.1, -0.05) is 66.2 Å². The SMILES string of the molecule is [C-]#[N+]c1c(O[C@@H]2CO[C@H]3[C@@H]2OC[C@H]3O)[nH]c2cc(Cl)c(-c3ccc(-c4ccccc4)cc3)nc12. The van der Waals surface area contributed by atoms with Gasteiger partial charge in [0.05, 0.1) is 41.5 Å². The second-order valence-corrected chi connectivity index (χ2v) is 8.80. The number of halogens is 1. The molecule has 34 heavy (non-hydrogen) atoms. The number of ether oxygens (including phenoxy) is 3. The number of hydrogen-bond acceptors (Lipinski definition) is 5. The van der Waals surface area contributed by atoms with E-state index in [9.17, 15) is 5.11 Å². The Morgan fingerprint density at radius 2 is 1.71 bits per heavy atom. The van der Waals surface area contributed by atoms with E-state index >= 15 is 0 Å². The highest BCUT2D eigenvalue weighted by molar-refractivity contribution is 6.33. The number of fused-ring (bicyclic) bond motifs is 2. The van der Waals surface area contributed by atoms with Crippen LogP contribution in [0.15, 0.2) is 60.7 Å². The molecule has 7 nitrogen and oxygen atoms in total. The molecule has 0 radical (unpaired) electrons. The van der Waals surface area contributed by atoms with Gasteiger partial charge in [0.2, 0.25) is 0 Å². The maximum atomic E-state index is 9.96. The lowest BCUT2D eigenvalue weighted by atomic mass is 10.0. The van der Waals surface area contributed by atoms with E-state index in [0.29, 0.717) is 27.6 Å². The molecule has 0 saturated carbocycles. The molecule has 2 N–H and O–H groups in total. The highest BCUT2D eigenvalue weighted by atomic mass is 35.5. The minimum atomic E-state index is -0.669. The number of nitrogens with one attached hydrogen (secondary N) is 1. The predicted molar refractivity (Wildman–Crippen MR) is 128 cm³/mol. The zero-order valence-electron chi connectivity index (χ0n) is 17.9. The number of H-pyrrole nitrogens is 1. The minimum absolute atomic E-state index is 0.209. The third-order valence-corrected chi connectivity index (χ3v) is 6.58. The molecule has 2 aromatic carbocycles. The van der Waals surface area contributed by atoms with Crippen LogP contribution in [0, 0.1) is 6.57 Å². The lowest BCUT2D eigenvalue weighted by Gasteiger charge is -2.17. The lowest BCUT2D eigenvalue weighted by Crippen LogP contribution is -2.34. The third kappa shape index (κ3) is 3.52. The Morgan fingerprint density at radius 1 is 1.00 bits per heavy atom. The predicted octanol–water partition coefficient (Wildman–Crippen LogP) is 5.01. The molecule has 2 saturated heterocycles. The van der Waals surface area contributed by atoms with E-state index < -0.39 is 18.3 Å². The summed E-state index contributed by atoms with van der Waals surface area (Å²) in [6.45, 7) is 8.22. The van der Waals surface area contributed by atoms with E-state index in [1.165, 1.54) is 0 Å². The zero-order valence-corrected chi connectivity index (χ0v) is 18.7. The topological polar surface area (TPSA) is 81.0 Å². The molecule has 4 aromatic rings. The first kappa shape index (κ1) is 21.1. The number of aliphatic hydroxyl groups is 1. The fourth-order valence-electron chi connectivity index (χ4n) is 4.59. The van der Waals surface area contributed by atoms with Crippen LogP contribution >= 0.6 is 11.6 Å². The van der Waals surface area contributed by atoms with Crippen molar-refractivity contribution in [1.29, 1.82) is 0 Å². The summed E-state index contributed by atoms with van der Waals surface area (Å²) >= 11 is 6.59. The van der Waals surface area contributed by atoms with Crippen LogP contribution in [0.4, 0.5) is 5.69 Å². The molecule has 8 heteroatoms. The Hall–Kier alpha value is -3.41. The molecule has 0 aliphatic carbocycles. The van der Waals surface area contributed by atoms with Crippen LogP contribution in [0.5, 0.6) is 5.88 Å². The normalized spacial score (nSPS) is 23.7. The van der Waals surface area contributed by atoms with Gasteiger partial charge in [-0.3, -0.25) is 4.98 Å². The molecule has 0 unspecified atom stereocenters. The number of aromatic amines is 1. The van der Waals surface area contributed by atoms with Crippen molar-refractivity contribution in [3.05, 3.63) is 77.1 Å². The van der Waals surface area contributed by atoms with Gasteiger partial charge in [-0.25, -0.2) is 4.85 Å². The van der Waals surface area contributed by atoms with E-state index in [1.807, 2.05) is 42.5 Å². The molecule has 0 spiro atoms. The average molecular weight is 474 g/mol. The quantitative estimate of drug-likeness (QED) is 0.407. The van der Waals surface area contributed by atoms with Crippen molar-refractivity contribution >= 4 is 28.3 Å². The average Bonchev–Trinajstić information content (AvgIpc) is 3.54. The van der Waals surface area contributed by atoms with Gasteiger partial charge < -0.3 is 24.3 Å². The van der Waals surface area contributed by atoms with E-state index in [0.717, 1.165) is 16.7 Å². The Bertz CT molecular complexity index is 1400. The number of aromatic nitrogens is 2. The van der Waals surface area contributed by atoms with Crippen molar-refractivity contribution in [3.8, 4) is 28.3 Å². The molecule has 0 bridgehead atoms.